The molecule has 0 unspecified atom stereocenters. The summed E-state index contributed by atoms with van der Waals surface area (Å²) in [5, 5.41) is 8.46. The van der Waals surface area contributed by atoms with Crippen molar-refractivity contribution in [3.05, 3.63) is 48.1 Å². The second-order valence-corrected chi connectivity index (χ2v) is 3.61. The molecular weight excluding hydrogens is 232 g/mol. The van der Waals surface area contributed by atoms with Crippen molar-refractivity contribution >= 4 is 5.97 Å². The van der Waals surface area contributed by atoms with Crippen LogP contribution in [-0.2, 0) is 4.79 Å². The molecule has 1 N–H and O–H groups in total. The Balaban J connectivity index is 2.45. The summed E-state index contributed by atoms with van der Waals surface area (Å²) in [7, 11) is 1.61. The first-order chi connectivity index (χ1) is 8.61. The van der Waals surface area contributed by atoms with Crippen LogP contribution in [0.3, 0.4) is 0 Å². The molecular formula is C14H16O4. The van der Waals surface area contributed by atoms with E-state index in [0.29, 0.717) is 6.61 Å². The fourth-order valence-corrected chi connectivity index (χ4v) is 1.21. The maximum absolute atomic E-state index is 10.3. The summed E-state index contributed by atoms with van der Waals surface area (Å²) in [5.41, 5.74) is 0.839. The van der Waals surface area contributed by atoms with Gasteiger partial charge >= 0.3 is 5.97 Å². The van der Waals surface area contributed by atoms with E-state index in [4.69, 9.17) is 14.6 Å². The molecule has 1 rings (SSSR count). The smallest absolute Gasteiger partial charge is 0.328 e. The van der Waals surface area contributed by atoms with Crippen LogP contribution in [0.5, 0.6) is 11.5 Å². The molecule has 18 heavy (non-hydrogen) atoms. The lowest BCUT2D eigenvalue weighted by Gasteiger charge is -2.04. The molecule has 0 amide bonds. The lowest BCUT2D eigenvalue weighted by molar-refractivity contribution is -0.131. The van der Waals surface area contributed by atoms with Crippen LogP contribution in [0.25, 0.3) is 0 Å². The minimum Gasteiger partial charge on any atom is -0.497 e. The third-order valence-corrected chi connectivity index (χ3v) is 2.20. The quantitative estimate of drug-likeness (QED) is 0.621. The highest BCUT2D eigenvalue weighted by molar-refractivity contribution is 5.80. The normalized spacial score (nSPS) is 11.6. The topological polar surface area (TPSA) is 55.8 Å². The standard InChI is InChI=1S/C14H16O4/c1-11(3-8-14(15)16)9-10-18-13-6-4-12(17-2)5-7-13/h3-9H,10H2,1-2H3,(H,15,16)/b8-3+,11-9+. The summed E-state index contributed by atoms with van der Waals surface area (Å²) in [5.74, 6) is 0.555. The third-order valence-electron chi connectivity index (χ3n) is 2.20. The van der Waals surface area contributed by atoms with Gasteiger partial charge in [0.05, 0.1) is 7.11 Å². The Morgan fingerprint density at radius 2 is 1.83 bits per heavy atom. The molecule has 0 bridgehead atoms. The molecule has 96 valence electrons. The van der Waals surface area contributed by atoms with Gasteiger partial charge in [-0.25, -0.2) is 4.79 Å². The number of carboxylic acids is 1. The molecule has 4 nitrogen and oxygen atoms in total. The highest BCUT2D eigenvalue weighted by atomic mass is 16.5. The summed E-state index contributed by atoms with van der Waals surface area (Å²) in [6, 6.07) is 7.26. The minimum atomic E-state index is -0.959. The maximum atomic E-state index is 10.3. The van der Waals surface area contributed by atoms with Gasteiger partial charge < -0.3 is 14.6 Å². The van der Waals surface area contributed by atoms with Gasteiger partial charge in [0, 0.05) is 6.08 Å². The molecule has 0 aromatic heterocycles. The number of carbonyl (C=O) groups is 1. The van der Waals surface area contributed by atoms with E-state index in [0.717, 1.165) is 23.1 Å². The van der Waals surface area contributed by atoms with Crippen molar-refractivity contribution < 1.29 is 19.4 Å². The van der Waals surface area contributed by atoms with Crippen molar-refractivity contribution in [1.82, 2.24) is 0 Å². The van der Waals surface area contributed by atoms with Gasteiger partial charge in [-0.05, 0) is 37.3 Å². The lowest BCUT2D eigenvalue weighted by atomic mass is 10.2. The summed E-state index contributed by atoms with van der Waals surface area (Å²) >= 11 is 0. The molecule has 1 aromatic carbocycles. The largest absolute Gasteiger partial charge is 0.497 e. The number of hydrogen-bond donors (Lipinski definition) is 1. The first kappa shape index (κ1) is 13.8. The molecule has 0 fully saturated rings. The molecule has 0 atom stereocenters. The van der Waals surface area contributed by atoms with Crippen molar-refractivity contribution in [1.29, 1.82) is 0 Å². The Hall–Kier alpha value is -2.23. The van der Waals surface area contributed by atoms with Gasteiger partial charge in [-0.3, -0.25) is 0 Å². The maximum Gasteiger partial charge on any atom is 0.328 e. The molecule has 0 spiro atoms. The molecule has 0 aliphatic rings. The molecule has 1 aromatic rings. The average molecular weight is 248 g/mol. The number of benzene rings is 1. The van der Waals surface area contributed by atoms with Crippen molar-refractivity contribution in [2.24, 2.45) is 0 Å². The van der Waals surface area contributed by atoms with Crippen molar-refractivity contribution in [2.45, 2.75) is 6.92 Å². The van der Waals surface area contributed by atoms with Gasteiger partial charge in [0.2, 0.25) is 0 Å². The zero-order valence-electron chi connectivity index (χ0n) is 10.4. The van der Waals surface area contributed by atoms with E-state index >= 15 is 0 Å². The lowest BCUT2D eigenvalue weighted by Crippen LogP contribution is -1.94. The third kappa shape index (κ3) is 5.21. The van der Waals surface area contributed by atoms with Gasteiger partial charge in [0.1, 0.15) is 18.1 Å². The van der Waals surface area contributed by atoms with Crippen LogP contribution in [0.1, 0.15) is 6.92 Å². The fourth-order valence-electron chi connectivity index (χ4n) is 1.21. The fraction of sp³-hybridized carbons (Fsp3) is 0.214. The molecule has 0 saturated heterocycles. The van der Waals surface area contributed by atoms with Crippen molar-refractivity contribution in [2.75, 3.05) is 13.7 Å². The van der Waals surface area contributed by atoms with Crippen LogP contribution in [0.4, 0.5) is 0 Å². The zero-order valence-corrected chi connectivity index (χ0v) is 10.4. The zero-order chi connectivity index (χ0) is 13.4. The number of rotatable bonds is 6. The first-order valence-electron chi connectivity index (χ1n) is 5.46. The van der Waals surface area contributed by atoms with E-state index in [9.17, 15) is 4.79 Å². The van der Waals surface area contributed by atoms with Crippen LogP contribution in [0, 0.1) is 0 Å². The monoisotopic (exact) mass is 248 g/mol. The second-order valence-electron chi connectivity index (χ2n) is 3.61. The molecule has 0 heterocycles. The molecule has 4 heteroatoms. The van der Waals surface area contributed by atoms with Crippen LogP contribution in [0.2, 0.25) is 0 Å². The van der Waals surface area contributed by atoms with E-state index < -0.39 is 5.97 Å². The van der Waals surface area contributed by atoms with E-state index in [-0.39, 0.29) is 0 Å². The number of allylic oxidation sites excluding steroid dienone is 2. The Morgan fingerprint density at radius 3 is 2.39 bits per heavy atom. The van der Waals surface area contributed by atoms with E-state index in [2.05, 4.69) is 0 Å². The Morgan fingerprint density at radius 1 is 1.22 bits per heavy atom. The number of hydrogen-bond acceptors (Lipinski definition) is 3. The summed E-state index contributed by atoms with van der Waals surface area (Å²) in [4.78, 5) is 10.3. The van der Waals surface area contributed by atoms with Crippen molar-refractivity contribution in [3.63, 3.8) is 0 Å². The Labute approximate surface area is 106 Å². The van der Waals surface area contributed by atoms with Crippen LogP contribution in [-0.4, -0.2) is 24.8 Å². The van der Waals surface area contributed by atoms with Gasteiger partial charge in [-0.1, -0.05) is 11.6 Å². The number of methoxy groups -OCH3 is 1. The van der Waals surface area contributed by atoms with Crippen LogP contribution < -0.4 is 9.47 Å². The molecule has 0 aliphatic carbocycles. The highest BCUT2D eigenvalue weighted by Crippen LogP contribution is 2.16. The van der Waals surface area contributed by atoms with Gasteiger partial charge in [0.15, 0.2) is 0 Å². The minimum absolute atomic E-state index is 0.391. The molecule has 0 radical (unpaired) electrons. The van der Waals surface area contributed by atoms with E-state index in [1.165, 1.54) is 6.08 Å². The average Bonchev–Trinajstić information content (AvgIpc) is 2.37. The summed E-state index contributed by atoms with van der Waals surface area (Å²) < 4.78 is 10.5. The predicted molar refractivity (Wildman–Crippen MR) is 69.0 cm³/mol. The number of carboxylic acid groups (broad SMARTS) is 1. The first-order valence-corrected chi connectivity index (χ1v) is 5.46. The Bertz CT molecular complexity index is 443. The van der Waals surface area contributed by atoms with Gasteiger partial charge in [-0.2, -0.15) is 0 Å². The van der Waals surface area contributed by atoms with Crippen molar-refractivity contribution in [3.8, 4) is 11.5 Å². The van der Waals surface area contributed by atoms with Crippen LogP contribution >= 0.6 is 0 Å². The molecule has 0 aliphatic heterocycles. The van der Waals surface area contributed by atoms with E-state index in [1.807, 2.05) is 37.3 Å². The van der Waals surface area contributed by atoms with Crippen LogP contribution in [0.15, 0.2) is 48.1 Å². The summed E-state index contributed by atoms with van der Waals surface area (Å²) in [6.07, 6.45) is 4.43. The SMILES string of the molecule is COc1ccc(OC/C=C(C)/C=C/C(=O)O)cc1. The number of ether oxygens (including phenoxy) is 2. The predicted octanol–water partition coefficient (Wildman–Crippen LogP) is 2.66. The van der Waals surface area contributed by atoms with Gasteiger partial charge in [0.25, 0.3) is 0 Å². The highest BCUT2D eigenvalue weighted by Gasteiger charge is 1.94. The van der Waals surface area contributed by atoms with Gasteiger partial charge in [-0.15, -0.1) is 0 Å². The Kier molecular flexibility index (Phi) is 5.51. The number of aliphatic carboxylic acids is 1. The summed E-state index contributed by atoms with van der Waals surface area (Å²) in [6.45, 7) is 2.21. The van der Waals surface area contributed by atoms with E-state index in [1.54, 1.807) is 7.11 Å². The molecule has 0 saturated carbocycles. The second kappa shape index (κ2) is 7.17.